The number of carbonyl (C=O) groups excluding carboxylic acids is 1. The quantitative estimate of drug-likeness (QED) is 0.795. The summed E-state index contributed by atoms with van der Waals surface area (Å²) in [5.74, 6) is 0.611. The van der Waals surface area contributed by atoms with E-state index in [0.29, 0.717) is 11.5 Å². The van der Waals surface area contributed by atoms with Crippen molar-refractivity contribution in [1.29, 1.82) is 0 Å². The van der Waals surface area contributed by atoms with Crippen molar-refractivity contribution >= 4 is 15.9 Å². The highest BCUT2D eigenvalue weighted by Gasteiger charge is 2.32. The highest BCUT2D eigenvalue weighted by atomic mass is 32.2. The zero-order valence-electron chi connectivity index (χ0n) is 15.9. The van der Waals surface area contributed by atoms with E-state index in [2.05, 4.69) is 9.71 Å². The second kappa shape index (κ2) is 8.38. The first-order chi connectivity index (χ1) is 14.0. The van der Waals surface area contributed by atoms with Gasteiger partial charge in [0.05, 0.1) is 4.90 Å². The van der Waals surface area contributed by atoms with Crippen molar-refractivity contribution in [2.75, 3.05) is 19.7 Å². The van der Waals surface area contributed by atoms with Gasteiger partial charge >= 0.3 is 0 Å². The maximum atomic E-state index is 12.6. The zero-order valence-corrected chi connectivity index (χ0v) is 16.7. The lowest BCUT2D eigenvalue weighted by molar-refractivity contribution is -0.142. The number of ether oxygens (including phenoxy) is 2. The summed E-state index contributed by atoms with van der Waals surface area (Å²) in [7, 11) is -3.73. The van der Waals surface area contributed by atoms with Crippen LogP contribution in [-0.2, 0) is 21.4 Å². The van der Waals surface area contributed by atoms with Gasteiger partial charge in [-0.1, -0.05) is 6.07 Å². The minimum absolute atomic E-state index is 0.0644. The third kappa shape index (κ3) is 4.51. The molecular weight excluding hydrogens is 394 g/mol. The summed E-state index contributed by atoms with van der Waals surface area (Å²) in [4.78, 5) is 18.5. The molecule has 2 aliphatic heterocycles. The van der Waals surface area contributed by atoms with E-state index in [4.69, 9.17) is 9.47 Å². The summed E-state index contributed by atoms with van der Waals surface area (Å²) in [5.41, 5.74) is 0.757. The summed E-state index contributed by atoms with van der Waals surface area (Å²) >= 11 is 0. The van der Waals surface area contributed by atoms with Crippen molar-refractivity contribution in [2.45, 2.75) is 36.8 Å². The molecule has 154 valence electrons. The third-order valence-corrected chi connectivity index (χ3v) is 6.42. The van der Waals surface area contributed by atoms with Gasteiger partial charge in [-0.2, -0.15) is 0 Å². The fraction of sp³-hybridized carbons (Fsp3) is 0.400. The van der Waals surface area contributed by atoms with Gasteiger partial charge < -0.3 is 14.4 Å². The monoisotopic (exact) mass is 417 g/mol. The van der Waals surface area contributed by atoms with Gasteiger partial charge in [-0.05, 0) is 43.0 Å². The third-order valence-electron chi connectivity index (χ3n) is 5.02. The average Bonchev–Trinajstić information content (AvgIpc) is 2.78. The van der Waals surface area contributed by atoms with Gasteiger partial charge in [-0.15, -0.1) is 0 Å². The van der Waals surface area contributed by atoms with Crippen LogP contribution in [0.3, 0.4) is 0 Å². The molecule has 0 aliphatic carbocycles. The Hall–Kier alpha value is -2.65. The lowest BCUT2D eigenvalue weighted by Gasteiger charge is -2.32. The second-order valence-corrected chi connectivity index (χ2v) is 8.86. The molecule has 1 aromatic heterocycles. The molecular formula is C20H23N3O5S. The van der Waals surface area contributed by atoms with E-state index in [1.54, 1.807) is 24.5 Å². The standard InChI is InChI=1S/C20H23N3O5S/c24-20(23-9-2-1-3-10-23)19-14-27-18-11-16(6-7-17(18)28-19)29(25,26)22-13-15-5-4-8-21-12-15/h4-8,11-12,19,22H,1-3,9-10,13-14H2/t19-/m0/s1. The smallest absolute Gasteiger partial charge is 0.267 e. The number of aromatic nitrogens is 1. The van der Waals surface area contributed by atoms with Crippen LogP contribution in [0.25, 0.3) is 0 Å². The molecule has 2 aromatic rings. The van der Waals surface area contributed by atoms with E-state index < -0.39 is 16.1 Å². The number of hydrogen-bond acceptors (Lipinski definition) is 6. The Morgan fingerprint density at radius 1 is 1.17 bits per heavy atom. The minimum Gasteiger partial charge on any atom is -0.485 e. The lowest BCUT2D eigenvalue weighted by atomic mass is 10.1. The maximum absolute atomic E-state index is 12.6. The van der Waals surface area contributed by atoms with E-state index in [-0.39, 0.29) is 24.0 Å². The van der Waals surface area contributed by atoms with Gasteiger partial charge in [-0.3, -0.25) is 9.78 Å². The predicted molar refractivity (Wildman–Crippen MR) is 105 cm³/mol. The molecule has 0 spiro atoms. The number of nitrogens with zero attached hydrogens (tertiary/aromatic N) is 2. The van der Waals surface area contributed by atoms with Crippen LogP contribution in [0.2, 0.25) is 0 Å². The number of pyridine rings is 1. The van der Waals surface area contributed by atoms with Gasteiger partial charge in [0, 0.05) is 38.1 Å². The van der Waals surface area contributed by atoms with Crippen molar-refractivity contribution in [3.05, 3.63) is 48.3 Å². The highest BCUT2D eigenvalue weighted by molar-refractivity contribution is 7.89. The molecule has 0 radical (unpaired) electrons. The molecule has 0 saturated carbocycles. The van der Waals surface area contributed by atoms with Crippen molar-refractivity contribution in [2.24, 2.45) is 0 Å². The molecule has 2 aliphatic rings. The highest BCUT2D eigenvalue weighted by Crippen LogP contribution is 2.34. The Morgan fingerprint density at radius 2 is 2.00 bits per heavy atom. The zero-order chi connectivity index (χ0) is 20.3. The SMILES string of the molecule is O=C([C@@H]1COc2cc(S(=O)(=O)NCc3cccnc3)ccc2O1)N1CCCCC1. The summed E-state index contributed by atoms with van der Waals surface area (Å²) in [6.07, 6.45) is 5.67. The molecule has 1 N–H and O–H groups in total. The average molecular weight is 417 g/mol. The number of benzene rings is 1. The van der Waals surface area contributed by atoms with E-state index in [9.17, 15) is 13.2 Å². The number of fused-ring (bicyclic) bond motifs is 1. The van der Waals surface area contributed by atoms with Crippen molar-refractivity contribution < 1.29 is 22.7 Å². The number of nitrogens with one attached hydrogen (secondary N) is 1. The Balaban J connectivity index is 1.43. The molecule has 9 heteroatoms. The largest absolute Gasteiger partial charge is 0.485 e. The van der Waals surface area contributed by atoms with Crippen LogP contribution in [0.1, 0.15) is 24.8 Å². The molecule has 1 aromatic carbocycles. The van der Waals surface area contributed by atoms with Crippen LogP contribution in [-0.4, -0.2) is 50.0 Å². The Labute approximate surface area is 169 Å². The molecule has 29 heavy (non-hydrogen) atoms. The van der Waals surface area contributed by atoms with Crippen molar-refractivity contribution in [3.8, 4) is 11.5 Å². The van der Waals surface area contributed by atoms with Gasteiger partial charge in [-0.25, -0.2) is 13.1 Å². The first kappa shape index (κ1) is 19.7. The van der Waals surface area contributed by atoms with Crippen molar-refractivity contribution in [3.63, 3.8) is 0 Å². The Bertz CT molecular complexity index is 975. The number of carbonyl (C=O) groups is 1. The Kier molecular flexibility index (Phi) is 5.68. The lowest BCUT2D eigenvalue weighted by Crippen LogP contribution is -2.48. The van der Waals surface area contributed by atoms with Crippen LogP contribution in [0.5, 0.6) is 11.5 Å². The fourth-order valence-electron chi connectivity index (χ4n) is 3.42. The fourth-order valence-corrected chi connectivity index (χ4v) is 4.46. The Morgan fingerprint density at radius 3 is 2.76 bits per heavy atom. The second-order valence-electron chi connectivity index (χ2n) is 7.10. The first-order valence-electron chi connectivity index (χ1n) is 9.64. The predicted octanol–water partition coefficient (Wildman–Crippen LogP) is 1.71. The van der Waals surface area contributed by atoms with E-state index in [0.717, 1.165) is 37.9 Å². The van der Waals surface area contributed by atoms with E-state index >= 15 is 0 Å². The van der Waals surface area contributed by atoms with Gasteiger partial charge in [0.15, 0.2) is 11.5 Å². The van der Waals surface area contributed by atoms with Crippen LogP contribution in [0.4, 0.5) is 0 Å². The van der Waals surface area contributed by atoms with Gasteiger partial charge in [0.25, 0.3) is 5.91 Å². The summed E-state index contributed by atoms with van der Waals surface area (Å²) in [6.45, 7) is 1.68. The molecule has 8 nitrogen and oxygen atoms in total. The molecule has 3 heterocycles. The normalized spacial score (nSPS) is 19.0. The molecule has 1 saturated heterocycles. The molecule has 0 bridgehead atoms. The minimum atomic E-state index is -3.73. The summed E-state index contributed by atoms with van der Waals surface area (Å²) in [5, 5.41) is 0. The first-order valence-corrected chi connectivity index (χ1v) is 11.1. The number of rotatable bonds is 5. The van der Waals surface area contributed by atoms with Crippen LogP contribution in [0, 0.1) is 0 Å². The van der Waals surface area contributed by atoms with E-state index in [1.165, 1.54) is 18.2 Å². The number of amides is 1. The van der Waals surface area contributed by atoms with Crippen LogP contribution < -0.4 is 14.2 Å². The summed E-state index contributed by atoms with van der Waals surface area (Å²) in [6, 6.07) is 7.93. The molecule has 0 unspecified atom stereocenters. The van der Waals surface area contributed by atoms with Gasteiger partial charge in [0.2, 0.25) is 16.1 Å². The molecule has 1 atom stereocenters. The number of likely N-dealkylation sites (tertiary alicyclic amines) is 1. The van der Waals surface area contributed by atoms with Gasteiger partial charge in [0.1, 0.15) is 6.61 Å². The number of piperidine rings is 1. The van der Waals surface area contributed by atoms with Crippen molar-refractivity contribution in [1.82, 2.24) is 14.6 Å². The van der Waals surface area contributed by atoms with Crippen LogP contribution >= 0.6 is 0 Å². The molecule has 1 fully saturated rings. The summed E-state index contributed by atoms with van der Waals surface area (Å²) < 4.78 is 39.2. The molecule has 4 rings (SSSR count). The number of sulfonamides is 1. The molecule has 1 amide bonds. The number of hydrogen-bond donors (Lipinski definition) is 1. The van der Waals surface area contributed by atoms with Crippen LogP contribution in [0.15, 0.2) is 47.6 Å². The topological polar surface area (TPSA) is 97.8 Å². The maximum Gasteiger partial charge on any atom is 0.267 e. The van der Waals surface area contributed by atoms with E-state index in [1.807, 2.05) is 4.90 Å².